The number of nitrogens with zero attached hydrogens (tertiary/aromatic N) is 2. The van der Waals surface area contributed by atoms with Gasteiger partial charge in [0.2, 0.25) is 0 Å². The van der Waals surface area contributed by atoms with Crippen molar-refractivity contribution < 1.29 is 9.21 Å². The maximum atomic E-state index is 13.0. The van der Waals surface area contributed by atoms with E-state index in [4.69, 9.17) is 4.42 Å². The minimum Gasteiger partial charge on any atom is -0.463 e. The van der Waals surface area contributed by atoms with Gasteiger partial charge in [-0.15, -0.1) is 0 Å². The molecule has 0 bridgehead atoms. The number of piperidine rings is 1. The molecule has 4 rings (SSSR count). The highest BCUT2D eigenvalue weighted by molar-refractivity contribution is 5.97. The Morgan fingerprint density at radius 2 is 1.80 bits per heavy atom. The minimum absolute atomic E-state index is 0.0373. The van der Waals surface area contributed by atoms with Gasteiger partial charge in [-0.3, -0.25) is 4.79 Å². The van der Waals surface area contributed by atoms with Crippen LogP contribution in [-0.4, -0.2) is 41.6 Å². The number of nitrogens with one attached hydrogen (secondary N) is 1. The van der Waals surface area contributed by atoms with Crippen LogP contribution in [0.1, 0.15) is 61.6 Å². The molecule has 2 aromatic heterocycles. The van der Waals surface area contributed by atoms with Gasteiger partial charge in [-0.25, -0.2) is 0 Å². The lowest BCUT2D eigenvalue weighted by atomic mass is 9.87. The van der Waals surface area contributed by atoms with E-state index in [-0.39, 0.29) is 11.3 Å². The molecule has 1 amide bonds. The number of amides is 1. The van der Waals surface area contributed by atoms with Crippen molar-refractivity contribution in [2.45, 2.75) is 52.0 Å². The molecule has 0 radical (unpaired) electrons. The topological polar surface area (TPSA) is 50.4 Å². The highest BCUT2D eigenvalue weighted by Gasteiger charge is 2.19. The molecule has 5 heteroatoms. The predicted molar refractivity (Wildman–Crippen MR) is 121 cm³/mol. The van der Waals surface area contributed by atoms with Crippen LogP contribution in [0.3, 0.4) is 0 Å². The van der Waals surface area contributed by atoms with Gasteiger partial charge in [0.25, 0.3) is 5.91 Å². The fourth-order valence-electron chi connectivity index (χ4n) is 4.23. The fourth-order valence-corrected chi connectivity index (χ4v) is 4.23. The highest BCUT2D eigenvalue weighted by atomic mass is 16.3. The Kier molecular flexibility index (Phi) is 6.00. The van der Waals surface area contributed by atoms with Crippen LogP contribution in [0.25, 0.3) is 11.1 Å². The van der Waals surface area contributed by atoms with E-state index in [2.05, 4.69) is 59.8 Å². The second-order valence-corrected chi connectivity index (χ2v) is 9.39. The lowest BCUT2D eigenvalue weighted by molar-refractivity contribution is 0.0938. The number of carbonyl (C=O) groups excluding carboxylic acids is 1. The van der Waals surface area contributed by atoms with Crippen molar-refractivity contribution in [1.29, 1.82) is 0 Å². The number of fused-ring (bicyclic) bond motifs is 1. The van der Waals surface area contributed by atoms with Crippen LogP contribution in [0, 0.1) is 0 Å². The van der Waals surface area contributed by atoms with Crippen LogP contribution >= 0.6 is 0 Å². The van der Waals surface area contributed by atoms with Gasteiger partial charge in [-0.2, -0.15) is 0 Å². The molecule has 160 valence electrons. The molecule has 1 saturated heterocycles. The Balaban J connectivity index is 1.48. The average Bonchev–Trinajstić information content (AvgIpc) is 3.31. The molecule has 1 aliphatic heterocycles. The number of hydrogen-bond donors (Lipinski definition) is 1. The van der Waals surface area contributed by atoms with E-state index in [9.17, 15) is 4.79 Å². The normalized spacial score (nSPS) is 15.6. The number of likely N-dealkylation sites (tertiary alicyclic amines) is 1. The molecule has 30 heavy (non-hydrogen) atoms. The molecule has 1 N–H and O–H groups in total. The summed E-state index contributed by atoms with van der Waals surface area (Å²) in [5.74, 6) is -0.0373. The monoisotopic (exact) mass is 407 g/mol. The Morgan fingerprint density at radius 1 is 1.07 bits per heavy atom. The van der Waals surface area contributed by atoms with Crippen molar-refractivity contribution in [2.24, 2.45) is 0 Å². The number of aromatic nitrogens is 1. The molecule has 3 aromatic rings. The molecule has 3 heterocycles. The van der Waals surface area contributed by atoms with Gasteiger partial charge in [0.1, 0.15) is 5.69 Å². The SMILES string of the molecule is CC(C)(C)c1ccc(Cn2c(C(=O)NCCN3CCCCC3)cc3occc32)cc1. The van der Waals surface area contributed by atoms with Gasteiger partial charge < -0.3 is 19.2 Å². The minimum atomic E-state index is -0.0373. The highest BCUT2D eigenvalue weighted by Crippen LogP contribution is 2.25. The first-order valence-electron chi connectivity index (χ1n) is 11.1. The van der Waals surface area contributed by atoms with E-state index in [1.165, 1.54) is 30.4 Å². The Morgan fingerprint density at radius 3 is 2.50 bits per heavy atom. The summed E-state index contributed by atoms with van der Waals surface area (Å²) in [6.45, 7) is 11.2. The molecule has 0 atom stereocenters. The second-order valence-electron chi connectivity index (χ2n) is 9.39. The van der Waals surface area contributed by atoms with Crippen LogP contribution in [0.4, 0.5) is 0 Å². The standard InChI is InChI=1S/C25H33N3O2/c1-25(2,3)20-9-7-19(8-10-20)18-28-21-11-16-30-23(21)17-22(28)24(29)26-12-15-27-13-5-4-6-14-27/h7-11,16-17H,4-6,12-15,18H2,1-3H3,(H,26,29). The number of rotatable bonds is 6. The predicted octanol–water partition coefficient (Wildman–Crippen LogP) is 4.80. The van der Waals surface area contributed by atoms with Crippen LogP contribution in [0.2, 0.25) is 0 Å². The van der Waals surface area contributed by atoms with Gasteiger partial charge in [-0.1, -0.05) is 51.5 Å². The van der Waals surface area contributed by atoms with E-state index in [0.717, 1.165) is 30.7 Å². The first kappa shape index (κ1) is 20.7. The van der Waals surface area contributed by atoms with Crippen molar-refractivity contribution in [1.82, 2.24) is 14.8 Å². The van der Waals surface area contributed by atoms with Gasteiger partial charge in [-0.05, 0) is 42.5 Å². The first-order valence-corrected chi connectivity index (χ1v) is 11.1. The van der Waals surface area contributed by atoms with Crippen molar-refractivity contribution in [3.63, 3.8) is 0 Å². The van der Waals surface area contributed by atoms with E-state index in [1.807, 2.05) is 12.1 Å². The molecule has 0 saturated carbocycles. The van der Waals surface area contributed by atoms with Gasteiger partial charge >= 0.3 is 0 Å². The van der Waals surface area contributed by atoms with E-state index < -0.39 is 0 Å². The third kappa shape index (κ3) is 4.62. The zero-order valence-electron chi connectivity index (χ0n) is 18.4. The van der Waals surface area contributed by atoms with Crippen molar-refractivity contribution in [2.75, 3.05) is 26.2 Å². The molecule has 0 unspecified atom stereocenters. The molecule has 0 spiro atoms. The zero-order chi connectivity index (χ0) is 21.1. The Hall–Kier alpha value is -2.53. The van der Waals surface area contributed by atoms with Crippen molar-refractivity contribution in [3.05, 3.63) is 59.5 Å². The van der Waals surface area contributed by atoms with E-state index >= 15 is 0 Å². The summed E-state index contributed by atoms with van der Waals surface area (Å²) in [6.07, 6.45) is 5.54. The number of furan rings is 1. The molecule has 1 aliphatic rings. The summed E-state index contributed by atoms with van der Waals surface area (Å²) in [4.78, 5) is 15.4. The summed E-state index contributed by atoms with van der Waals surface area (Å²) in [7, 11) is 0. The third-order valence-corrected chi connectivity index (χ3v) is 6.08. The second kappa shape index (κ2) is 8.68. The summed E-state index contributed by atoms with van der Waals surface area (Å²) >= 11 is 0. The third-order valence-electron chi connectivity index (χ3n) is 6.08. The zero-order valence-corrected chi connectivity index (χ0v) is 18.4. The lowest BCUT2D eigenvalue weighted by Crippen LogP contribution is -2.38. The van der Waals surface area contributed by atoms with Gasteiger partial charge in [0.05, 0.1) is 11.8 Å². The molecule has 1 fully saturated rings. The molecular weight excluding hydrogens is 374 g/mol. The molecule has 0 aliphatic carbocycles. The van der Waals surface area contributed by atoms with Gasteiger partial charge in [0.15, 0.2) is 5.58 Å². The van der Waals surface area contributed by atoms with E-state index in [1.54, 1.807) is 6.26 Å². The Bertz CT molecular complexity index is 986. The van der Waals surface area contributed by atoms with Crippen molar-refractivity contribution >= 4 is 17.0 Å². The molecule has 1 aromatic carbocycles. The lowest BCUT2D eigenvalue weighted by Gasteiger charge is -2.26. The number of carbonyl (C=O) groups is 1. The average molecular weight is 408 g/mol. The van der Waals surface area contributed by atoms with Crippen molar-refractivity contribution in [3.8, 4) is 0 Å². The molecule has 5 nitrogen and oxygen atoms in total. The summed E-state index contributed by atoms with van der Waals surface area (Å²) in [6, 6.07) is 12.5. The maximum Gasteiger partial charge on any atom is 0.268 e. The van der Waals surface area contributed by atoms with E-state index in [0.29, 0.717) is 18.8 Å². The van der Waals surface area contributed by atoms with Gasteiger partial charge in [0, 0.05) is 31.8 Å². The largest absolute Gasteiger partial charge is 0.463 e. The molecular formula is C25H33N3O2. The summed E-state index contributed by atoms with van der Waals surface area (Å²) < 4.78 is 7.64. The summed E-state index contributed by atoms with van der Waals surface area (Å²) in [5.41, 5.74) is 4.97. The quantitative estimate of drug-likeness (QED) is 0.639. The summed E-state index contributed by atoms with van der Waals surface area (Å²) in [5, 5.41) is 3.11. The number of hydrogen-bond acceptors (Lipinski definition) is 3. The first-order chi connectivity index (χ1) is 14.4. The van der Waals surface area contributed by atoms with Crippen LogP contribution in [-0.2, 0) is 12.0 Å². The van der Waals surface area contributed by atoms with Crippen LogP contribution < -0.4 is 5.32 Å². The maximum absolute atomic E-state index is 13.0. The Labute approximate surface area is 179 Å². The fraction of sp³-hybridized carbons (Fsp3) is 0.480. The smallest absolute Gasteiger partial charge is 0.268 e. The van der Waals surface area contributed by atoms with Crippen LogP contribution in [0.5, 0.6) is 0 Å². The van der Waals surface area contributed by atoms with Crippen LogP contribution in [0.15, 0.2) is 47.1 Å². The number of benzene rings is 1.